The van der Waals surface area contributed by atoms with Crippen molar-refractivity contribution in [3.8, 4) is 11.5 Å². The number of carbonyl (C=O) groups is 1. The molecule has 0 saturated carbocycles. The molecule has 1 heterocycles. The number of hydrogen-bond acceptors (Lipinski definition) is 4. The van der Waals surface area contributed by atoms with Crippen LogP contribution in [0.2, 0.25) is 10.0 Å². The van der Waals surface area contributed by atoms with Gasteiger partial charge in [-0.15, -0.1) is 0 Å². The molecule has 0 aliphatic carbocycles. The number of hydrogen-bond donors (Lipinski definition) is 0. The van der Waals surface area contributed by atoms with Crippen LogP contribution in [0.15, 0.2) is 40.8 Å². The largest absolute Gasteiger partial charge is 0.465 e. The van der Waals surface area contributed by atoms with Gasteiger partial charge in [-0.1, -0.05) is 29.3 Å². The predicted octanol–water partition coefficient (Wildman–Crippen LogP) is 4.59. The summed E-state index contributed by atoms with van der Waals surface area (Å²) in [5, 5.41) is 0.959. The summed E-state index contributed by atoms with van der Waals surface area (Å²) in [5.41, 5.74) is 1.89. The van der Waals surface area contributed by atoms with Gasteiger partial charge in [0.05, 0.1) is 7.11 Å². The molecule has 1 aromatic heterocycles. The molecule has 2 aromatic carbocycles. The highest BCUT2D eigenvalue weighted by Crippen LogP contribution is 2.30. The average Bonchev–Trinajstić information content (AvgIpc) is 2.89. The van der Waals surface area contributed by atoms with Crippen LogP contribution >= 0.6 is 23.2 Å². The summed E-state index contributed by atoms with van der Waals surface area (Å²) in [7, 11) is 1.31. The van der Waals surface area contributed by atoms with Gasteiger partial charge in [-0.3, -0.25) is 0 Å². The maximum atomic E-state index is 11.7. The Hall–Kier alpha value is -2.04. The third-order valence-electron chi connectivity index (χ3n) is 2.93. The summed E-state index contributed by atoms with van der Waals surface area (Å²) in [6.45, 7) is 0. The average molecular weight is 322 g/mol. The van der Waals surface area contributed by atoms with E-state index in [0.717, 1.165) is 0 Å². The molecule has 21 heavy (non-hydrogen) atoms. The Morgan fingerprint density at radius 1 is 1.19 bits per heavy atom. The number of para-hydroxylation sites is 1. The zero-order valence-electron chi connectivity index (χ0n) is 10.9. The Balaban J connectivity index is 2.19. The summed E-state index contributed by atoms with van der Waals surface area (Å²) in [6, 6.07) is 10.1. The molecule has 4 nitrogen and oxygen atoms in total. The lowest BCUT2D eigenvalue weighted by atomic mass is 10.2. The maximum absolute atomic E-state index is 11.7. The van der Waals surface area contributed by atoms with Gasteiger partial charge in [0.1, 0.15) is 11.1 Å². The third kappa shape index (κ3) is 2.60. The number of esters is 1. The Kier molecular flexibility index (Phi) is 3.57. The SMILES string of the molecule is COC(=O)c1cccc2nc(-c3cc(Cl)cc(Cl)c3)oc12. The van der Waals surface area contributed by atoms with E-state index in [1.165, 1.54) is 7.11 Å². The predicted molar refractivity (Wildman–Crippen MR) is 80.8 cm³/mol. The standard InChI is InChI=1S/C15H9Cl2NO3/c1-20-15(19)11-3-2-4-12-13(11)21-14(18-12)8-5-9(16)7-10(17)6-8/h2-7H,1H3. The van der Waals surface area contributed by atoms with Crippen molar-refractivity contribution in [1.82, 2.24) is 4.98 Å². The van der Waals surface area contributed by atoms with Crippen LogP contribution in [-0.2, 0) is 4.74 Å². The van der Waals surface area contributed by atoms with Crippen molar-refractivity contribution < 1.29 is 13.9 Å². The number of fused-ring (bicyclic) bond motifs is 1. The highest BCUT2D eigenvalue weighted by Gasteiger charge is 2.17. The zero-order chi connectivity index (χ0) is 15.0. The molecule has 3 aromatic rings. The molecule has 0 radical (unpaired) electrons. The van der Waals surface area contributed by atoms with Gasteiger partial charge in [0.25, 0.3) is 0 Å². The molecule has 0 saturated heterocycles. The van der Waals surface area contributed by atoms with Gasteiger partial charge in [-0.25, -0.2) is 9.78 Å². The first-order valence-corrected chi connectivity index (χ1v) is 6.78. The third-order valence-corrected chi connectivity index (χ3v) is 3.37. The minimum absolute atomic E-state index is 0.321. The van der Waals surface area contributed by atoms with E-state index in [4.69, 9.17) is 32.4 Å². The molecule has 0 atom stereocenters. The molecule has 0 spiro atoms. The smallest absolute Gasteiger partial charge is 0.341 e. The first-order chi connectivity index (χ1) is 10.1. The van der Waals surface area contributed by atoms with Gasteiger partial charge < -0.3 is 9.15 Å². The number of rotatable bonds is 2. The molecule has 0 amide bonds. The molecule has 0 bridgehead atoms. The fourth-order valence-corrected chi connectivity index (χ4v) is 2.55. The van der Waals surface area contributed by atoms with E-state index in [1.54, 1.807) is 36.4 Å². The van der Waals surface area contributed by atoms with Crippen molar-refractivity contribution in [3.63, 3.8) is 0 Å². The van der Waals surface area contributed by atoms with Crippen LogP contribution in [-0.4, -0.2) is 18.1 Å². The Labute approximate surface area is 130 Å². The summed E-state index contributed by atoms with van der Waals surface area (Å²) >= 11 is 11.9. The second kappa shape index (κ2) is 5.39. The number of methoxy groups -OCH3 is 1. The number of carbonyl (C=O) groups excluding carboxylic acids is 1. The van der Waals surface area contributed by atoms with E-state index in [9.17, 15) is 4.79 Å². The molecule has 0 fully saturated rings. The number of halogens is 2. The van der Waals surface area contributed by atoms with E-state index in [-0.39, 0.29) is 0 Å². The molecule has 0 aliphatic rings. The van der Waals surface area contributed by atoms with Crippen LogP contribution in [0.25, 0.3) is 22.6 Å². The van der Waals surface area contributed by atoms with E-state index in [2.05, 4.69) is 4.98 Å². The number of benzene rings is 2. The normalized spacial score (nSPS) is 10.8. The molecule has 0 aliphatic heterocycles. The summed E-state index contributed by atoms with van der Waals surface area (Å²) in [6.07, 6.45) is 0. The van der Waals surface area contributed by atoms with E-state index in [0.29, 0.717) is 38.2 Å². The lowest BCUT2D eigenvalue weighted by Crippen LogP contribution is -2.00. The van der Waals surface area contributed by atoms with Crippen molar-refractivity contribution in [2.75, 3.05) is 7.11 Å². The first kappa shape index (κ1) is 13.9. The first-order valence-electron chi connectivity index (χ1n) is 6.03. The van der Waals surface area contributed by atoms with Gasteiger partial charge >= 0.3 is 5.97 Å². The Morgan fingerprint density at radius 3 is 2.57 bits per heavy atom. The van der Waals surface area contributed by atoms with E-state index in [1.807, 2.05) is 0 Å². The van der Waals surface area contributed by atoms with Crippen molar-refractivity contribution in [3.05, 3.63) is 52.0 Å². The van der Waals surface area contributed by atoms with Crippen LogP contribution in [0.4, 0.5) is 0 Å². The second-order valence-electron chi connectivity index (χ2n) is 4.32. The summed E-state index contributed by atoms with van der Waals surface area (Å²) in [4.78, 5) is 16.1. The van der Waals surface area contributed by atoms with Gasteiger partial charge in [-0.2, -0.15) is 0 Å². The molecular formula is C15H9Cl2NO3. The quantitative estimate of drug-likeness (QED) is 0.648. The topological polar surface area (TPSA) is 52.3 Å². The van der Waals surface area contributed by atoms with Crippen LogP contribution < -0.4 is 0 Å². The number of oxazole rings is 1. The Bertz CT molecular complexity index is 822. The minimum Gasteiger partial charge on any atom is -0.465 e. The van der Waals surface area contributed by atoms with Crippen LogP contribution in [0, 0.1) is 0 Å². The van der Waals surface area contributed by atoms with Crippen LogP contribution in [0.1, 0.15) is 10.4 Å². The van der Waals surface area contributed by atoms with E-state index >= 15 is 0 Å². The Morgan fingerprint density at radius 2 is 1.90 bits per heavy atom. The van der Waals surface area contributed by atoms with Crippen molar-refractivity contribution in [2.45, 2.75) is 0 Å². The van der Waals surface area contributed by atoms with Gasteiger partial charge in [0.15, 0.2) is 5.58 Å². The van der Waals surface area contributed by atoms with E-state index < -0.39 is 5.97 Å². The van der Waals surface area contributed by atoms with Crippen molar-refractivity contribution in [1.29, 1.82) is 0 Å². The molecular weight excluding hydrogens is 313 g/mol. The second-order valence-corrected chi connectivity index (χ2v) is 5.20. The summed E-state index contributed by atoms with van der Waals surface area (Å²) < 4.78 is 10.4. The monoisotopic (exact) mass is 321 g/mol. The van der Waals surface area contributed by atoms with Crippen LogP contribution in [0.5, 0.6) is 0 Å². The van der Waals surface area contributed by atoms with Gasteiger partial charge in [0.2, 0.25) is 5.89 Å². The molecule has 0 unspecified atom stereocenters. The fourth-order valence-electron chi connectivity index (χ4n) is 2.02. The highest BCUT2D eigenvalue weighted by molar-refractivity contribution is 6.35. The molecule has 6 heteroatoms. The number of aromatic nitrogens is 1. The number of nitrogens with zero attached hydrogens (tertiary/aromatic N) is 1. The van der Waals surface area contributed by atoms with Crippen LogP contribution in [0.3, 0.4) is 0 Å². The minimum atomic E-state index is -0.479. The molecule has 0 N–H and O–H groups in total. The molecule has 106 valence electrons. The maximum Gasteiger partial charge on any atom is 0.341 e. The van der Waals surface area contributed by atoms with Gasteiger partial charge in [-0.05, 0) is 30.3 Å². The van der Waals surface area contributed by atoms with Crippen molar-refractivity contribution in [2.24, 2.45) is 0 Å². The highest BCUT2D eigenvalue weighted by atomic mass is 35.5. The summed E-state index contributed by atoms with van der Waals surface area (Å²) in [5.74, 6) is -0.141. The lowest BCUT2D eigenvalue weighted by Gasteiger charge is -1.99. The molecule has 3 rings (SSSR count). The zero-order valence-corrected chi connectivity index (χ0v) is 12.4. The lowest BCUT2D eigenvalue weighted by molar-refractivity contribution is 0.0602. The van der Waals surface area contributed by atoms with Crippen molar-refractivity contribution >= 4 is 40.3 Å². The fraction of sp³-hybridized carbons (Fsp3) is 0.0667. The number of ether oxygens (including phenoxy) is 1. The van der Waals surface area contributed by atoms with Gasteiger partial charge in [0, 0.05) is 15.6 Å².